The minimum atomic E-state index is -1.22. The lowest BCUT2D eigenvalue weighted by Gasteiger charge is -2.44. The lowest BCUT2D eigenvalue weighted by molar-refractivity contribution is -0.683. The minimum Gasteiger partial charge on any atom is -0.243 e. The van der Waals surface area contributed by atoms with Crippen LogP contribution in [0.1, 0.15) is 6.42 Å². The van der Waals surface area contributed by atoms with E-state index in [1.54, 1.807) is 0 Å². The first-order valence-corrected chi connectivity index (χ1v) is 13.7. The second kappa shape index (κ2) is 13.1. The zero-order valence-corrected chi connectivity index (χ0v) is 22.5. The maximum Gasteiger partial charge on any atom is 0.286 e. The maximum absolute atomic E-state index is 8.55. The summed E-state index contributed by atoms with van der Waals surface area (Å²) in [5.74, 6) is 1.05. The molecule has 0 saturated carbocycles. The van der Waals surface area contributed by atoms with E-state index in [4.69, 9.17) is 5.26 Å². The molecule has 3 nitrogen and oxygen atoms in total. The molecule has 0 saturated heterocycles. The Kier molecular flexibility index (Phi) is 8.66. The van der Waals surface area contributed by atoms with Crippen molar-refractivity contribution in [2.45, 2.75) is 13.0 Å². The molecule has 1 N–H and O–H groups in total. The number of hydrogen-bond acceptors (Lipinski definition) is 1. The number of nitrogens with zero attached hydrogens (tertiary/aromatic N) is 2. The summed E-state index contributed by atoms with van der Waals surface area (Å²) < 4.78 is 2.05. The molecule has 194 valence electrons. The molecular weight excluding hydrogens is 485 g/mol. The summed E-state index contributed by atoms with van der Waals surface area (Å²) >= 11 is 0. The van der Waals surface area contributed by atoms with Crippen LogP contribution in [0.2, 0.25) is 0 Å². The molecule has 0 atom stereocenters. The van der Waals surface area contributed by atoms with Gasteiger partial charge in [0.1, 0.15) is 25.1 Å². The molecule has 0 unspecified atom stereocenters. The topological polar surface area (TPSA) is 43.5 Å². The van der Waals surface area contributed by atoms with E-state index in [1.165, 1.54) is 21.9 Å². The standard InChI is InChI=1S/C24H20B.C12H11N3/c1-5-13-21(14-6-1)25(22-15-7-2-8-16-22,23-17-9-3-10-18-23)24-19-11-4-12-20-24;13-7-4-9-15-10-8-14-12(15)11-5-2-1-3-6-11/h1-20H;1-3,5-6,8,10H,4,9H2/q-1;/p+1. The number of aromatic nitrogens is 2. The minimum absolute atomic E-state index is 0.530. The highest BCUT2D eigenvalue weighted by Gasteiger charge is 2.31. The average molecular weight is 517 g/mol. The number of rotatable bonds is 7. The molecule has 4 heteroatoms. The molecular formula is C36H32BN3. The first-order chi connectivity index (χ1) is 19.8. The second-order valence-electron chi connectivity index (χ2n) is 9.78. The van der Waals surface area contributed by atoms with Crippen LogP contribution < -0.4 is 26.4 Å². The fourth-order valence-corrected chi connectivity index (χ4v) is 5.69. The summed E-state index contributed by atoms with van der Waals surface area (Å²) in [6.07, 6.45) is 3.16. The Morgan fingerprint density at radius 3 is 1.30 bits per heavy atom. The van der Waals surface area contributed by atoms with Gasteiger partial charge in [0.05, 0.1) is 18.1 Å². The van der Waals surface area contributed by atoms with Crippen LogP contribution >= 0.6 is 0 Å². The molecule has 1 aromatic heterocycles. The third-order valence-electron chi connectivity index (χ3n) is 7.47. The number of H-pyrrole nitrogens is 1. The van der Waals surface area contributed by atoms with Crippen LogP contribution in [0.4, 0.5) is 0 Å². The van der Waals surface area contributed by atoms with Crippen molar-refractivity contribution in [3.63, 3.8) is 0 Å². The van der Waals surface area contributed by atoms with Gasteiger partial charge in [-0.25, -0.2) is 9.55 Å². The van der Waals surface area contributed by atoms with Crippen LogP contribution in [-0.4, -0.2) is 11.1 Å². The Bertz CT molecular complexity index is 1460. The van der Waals surface area contributed by atoms with E-state index in [2.05, 4.69) is 149 Å². The zero-order chi connectivity index (χ0) is 27.5. The van der Waals surface area contributed by atoms with Gasteiger partial charge in [-0.2, -0.15) is 27.1 Å². The maximum atomic E-state index is 8.55. The first kappa shape index (κ1) is 26.5. The van der Waals surface area contributed by atoms with Gasteiger partial charge < -0.3 is 0 Å². The average Bonchev–Trinajstić information content (AvgIpc) is 3.52. The number of aryl methyl sites for hydroxylation is 1. The van der Waals surface area contributed by atoms with Gasteiger partial charge in [0, 0.05) is 0 Å². The molecule has 6 aromatic rings. The van der Waals surface area contributed by atoms with E-state index in [1.807, 2.05) is 30.6 Å². The monoisotopic (exact) mass is 517 g/mol. The molecule has 0 fully saturated rings. The van der Waals surface area contributed by atoms with Crippen LogP contribution in [0.25, 0.3) is 11.4 Å². The van der Waals surface area contributed by atoms with Gasteiger partial charge in [-0.3, -0.25) is 0 Å². The Balaban J connectivity index is 0.000000184. The number of nitriles is 1. The molecule has 0 aliphatic rings. The molecule has 6 rings (SSSR count). The van der Waals surface area contributed by atoms with Crippen molar-refractivity contribution in [3.05, 3.63) is 164 Å². The number of hydrogen-bond donors (Lipinski definition) is 1. The van der Waals surface area contributed by atoms with Gasteiger partial charge in [-0.05, 0) is 12.1 Å². The van der Waals surface area contributed by atoms with Crippen molar-refractivity contribution in [3.8, 4) is 17.5 Å². The van der Waals surface area contributed by atoms with Gasteiger partial charge in [0.25, 0.3) is 5.82 Å². The van der Waals surface area contributed by atoms with Crippen LogP contribution in [0.3, 0.4) is 0 Å². The highest BCUT2D eigenvalue weighted by molar-refractivity contribution is 7.19. The van der Waals surface area contributed by atoms with Crippen LogP contribution in [0, 0.1) is 11.3 Å². The molecule has 0 aliphatic heterocycles. The van der Waals surface area contributed by atoms with E-state index in [9.17, 15) is 0 Å². The highest BCUT2D eigenvalue weighted by Crippen LogP contribution is 2.12. The fraction of sp³-hybridized carbons (Fsp3) is 0.0556. The van der Waals surface area contributed by atoms with Crippen LogP contribution in [0.15, 0.2) is 164 Å². The highest BCUT2D eigenvalue weighted by atomic mass is 15.1. The molecule has 0 bridgehead atoms. The zero-order valence-electron chi connectivity index (χ0n) is 22.5. The van der Waals surface area contributed by atoms with Crippen molar-refractivity contribution in [2.75, 3.05) is 0 Å². The van der Waals surface area contributed by atoms with Gasteiger partial charge in [-0.1, -0.05) is 140 Å². The van der Waals surface area contributed by atoms with Crippen LogP contribution in [0.5, 0.6) is 0 Å². The number of imidazole rings is 1. The molecule has 0 spiro atoms. The van der Waals surface area contributed by atoms with E-state index >= 15 is 0 Å². The number of aromatic amines is 1. The van der Waals surface area contributed by atoms with Gasteiger partial charge in [0.15, 0.2) is 0 Å². The predicted octanol–water partition coefficient (Wildman–Crippen LogP) is 4.95. The third kappa shape index (κ3) is 5.65. The van der Waals surface area contributed by atoms with Crippen molar-refractivity contribution in [2.24, 2.45) is 0 Å². The lowest BCUT2D eigenvalue weighted by atomic mass is 9.13. The Hall–Kier alpha value is -5.14. The Morgan fingerprint density at radius 1 is 0.550 bits per heavy atom. The molecule has 1 heterocycles. The van der Waals surface area contributed by atoms with Crippen molar-refractivity contribution in [1.29, 1.82) is 5.26 Å². The summed E-state index contributed by atoms with van der Waals surface area (Å²) in [6, 6.07) is 55.8. The van der Waals surface area contributed by atoms with E-state index in [-0.39, 0.29) is 0 Å². The molecule has 0 radical (unpaired) electrons. The third-order valence-corrected chi connectivity index (χ3v) is 7.47. The van der Waals surface area contributed by atoms with Gasteiger partial charge in [-0.15, -0.1) is 0 Å². The van der Waals surface area contributed by atoms with E-state index in [0.717, 1.165) is 17.9 Å². The summed E-state index contributed by atoms with van der Waals surface area (Å²) in [4.78, 5) is 3.18. The van der Waals surface area contributed by atoms with E-state index in [0.29, 0.717) is 6.42 Å². The van der Waals surface area contributed by atoms with Crippen LogP contribution in [-0.2, 0) is 6.54 Å². The molecule has 40 heavy (non-hydrogen) atoms. The number of nitrogens with one attached hydrogen (secondary N) is 1. The Morgan fingerprint density at radius 2 is 0.925 bits per heavy atom. The summed E-state index contributed by atoms with van der Waals surface area (Å²) in [7, 11) is 0. The summed E-state index contributed by atoms with van der Waals surface area (Å²) in [5, 5.41) is 8.55. The van der Waals surface area contributed by atoms with Crippen molar-refractivity contribution < 1.29 is 4.57 Å². The summed E-state index contributed by atoms with van der Waals surface area (Å²) in [6.45, 7) is 0.726. The molecule has 0 aliphatic carbocycles. The smallest absolute Gasteiger partial charge is 0.243 e. The largest absolute Gasteiger partial charge is 0.286 e. The molecule has 5 aromatic carbocycles. The fourth-order valence-electron chi connectivity index (χ4n) is 5.69. The Labute approximate surface area is 237 Å². The van der Waals surface area contributed by atoms with Crippen molar-refractivity contribution in [1.82, 2.24) is 4.98 Å². The quantitative estimate of drug-likeness (QED) is 0.237. The normalized spacial score (nSPS) is 10.7. The van der Waals surface area contributed by atoms with E-state index < -0.39 is 6.15 Å². The lowest BCUT2D eigenvalue weighted by Crippen LogP contribution is -2.74. The molecule has 0 amide bonds. The van der Waals surface area contributed by atoms with Crippen molar-refractivity contribution >= 4 is 28.0 Å². The first-order valence-electron chi connectivity index (χ1n) is 13.7. The SMILES string of the molecule is N#CCC[n+]1cc[nH]c1-c1ccccc1.c1ccc([B-](c2ccccc2)(c2ccccc2)c2ccccc2)cc1. The predicted molar refractivity (Wildman–Crippen MR) is 167 cm³/mol. The van der Waals surface area contributed by atoms with Gasteiger partial charge in [0.2, 0.25) is 0 Å². The van der Waals surface area contributed by atoms with Gasteiger partial charge >= 0.3 is 0 Å². The summed E-state index contributed by atoms with van der Waals surface area (Å²) in [5.41, 5.74) is 6.50. The number of benzene rings is 5. The second-order valence-corrected chi connectivity index (χ2v) is 9.78.